The second-order valence-corrected chi connectivity index (χ2v) is 6.99. The Balaban J connectivity index is 1.79. The fourth-order valence-electron chi connectivity index (χ4n) is 1.40. The van der Waals surface area contributed by atoms with Crippen LogP contribution >= 0.6 is 11.3 Å². The largest absolute Gasteiger partial charge is 0.306 e. The van der Waals surface area contributed by atoms with Gasteiger partial charge in [-0.3, -0.25) is 0 Å². The van der Waals surface area contributed by atoms with Gasteiger partial charge in [0.1, 0.15) is 5.01 Å². The minimum absolute atomic E-state index is 0.129. The molecule has 0 atom stereocenters. The molecule has 0 amide bonds. The smallest absolute Gasteiger partial charge is 0.153 e. The molecule has 78 valence electrons. The fraction of sp³-hybridized carbons (Fsp3) is 0.625. The molecule has 0 saturated carbocycles. The van der Waals surface area contributed by atoms with Gasteiger partial charge >= 0.3 is 0 Å². The first-order valence-electron chi connectivity index (χ1n) is 4.40. The lowest BCUT2D eigenvalue weighted by atomic mass is 10.4. The van der Waals surface area contributed by atoms with E-state index in [1.54, 1.807) is 11.3 Å². The van der Waals surface area contributed by atoms with Crippen LogP contribution in [0.25, 0.3) is 0 Å². The van der Waals surface area contributed by atoms with Crippen LogP contribution in [0, 0.1) is 6.92 Å². The zero-order chi connectivity index (χ0) is 10.2. The number of thiazole rings is 1. The molecule has 0 radical (unpaired) electrons. The van der Waals surface area contributed by atoms with E-state index in [0.717, 1.165) is 5.01 Å². The Labute approximate surface area is 87.3 Å². The van der Waals surface area contributed by atoms with Crippen LogP contribution in [-0.2, 0) is 16.4 Å². The highest BCUT2D eigenvalue weighted by atomic mass is 32.2. The van der Waals surface area contributed by atoms with Crippen molar-refractivity contribution in [3.05, 3.63) is 16.1 Å². The van der Waals surface area contributed by atoms with Gasteiger partial charge in [0.05, 0.1) is 11.5 Å². The summed E-state index contributed by atoms with van der Waals surface area (Å²) in [6, 6.07) is 0.129. The zero-order valence-electron chi connectivity index (χ0n) is 7.86. The Bertz CT molecular complexity index is 412. The Hall–Kier alpha value is -0.460. The van der Waals surface area contributed by atoms with Gasteiger partial charge in [-0.2, -0.15) is 0 Å². The van der Waals surface area contributed by atoms with Gasteiger partial charge < -0.3 is 5.32 Å². The van der Waals surface area contributed by atoms with E-state index in [-0.39, 0.29) is 17.5 Å². The summed E-state index contributed by atoms with van der Waals surface area (Å²) in [5, 5.41) is 4.19. The second kappa shape index (κ2) is 3.60. The third kappa shape index (κ3) is 2.31. The van der Waals surface area contributed by atoms with Crippen LogP contribution in [0.2, 0.25) is 0 Å². The van der Waals surface area contributed by atoms with Crippen molar-refractivity contribution in [1.82, 2.24) is 10.3 Å². The molecule has 1 aromatic heterocycles. The van der Waals surface area contributed by atoms with Crippen molar-refractivity contribution < 1.29 is 8.42 Å². The molecule has 0 bridgehead atoms. The Morgan fingerprint density at radius 3 is 2.86 bits per heavy atom. The molecule has 2 rings (SSSR count). The van der Waals surface area contributed by atoms with Crippen molar-refractivity contribution in [2.24, 2.45) is 0 Å². The van der Waals surface area contributed by atoms with Gasteiger partial charge in [0.2, 0.25) is 0 Å². The summed E-state index contributed by atoms with van der Waals surface area (Å²) in [7, 11) is -2.71. The molecule has 2 heterocycles. The molecule has 14 heavy (non-hydrogen) atoms. The summed E-state index contributed by atoms with van der Waals surface area (Å²) in [5.74, 6) is 0.550. The van der Waals surface area contributed by atoms with Gasteiger partial charge in [0.15, 0.2) is 9.84 Å². The summed E-state index contributed by atoms with van der Waals surface area (Å²) in [5.41, 5.74) is 0. The Morgan fingerprint density at radius 2 is 2.36 bits per heavy atom. The van der Waals surface area contributed by atoms with Gasteiger partial charge in [-0.1, -0.05) is 0 Å². The summed E-state index contributed by atoms with van der Waals surface area (Å²) < 4.78 is 21.7. The van der Waals surface area contributed by atoms with Crippen LogP contribution in [0.4, 0.5) is 0 Å². The number of hydrogen-bond acceptors (Lipinski definition) is 5. The Morgan fingerprint density at radius 1 is 1.64 bits per heavy atom. The maximum Gasteiger partial charge on any atom is 0.153 e. The van der Waals surface area contributed by atoms with Crippen LogP contribution in [-0.4, -0.2) is 30.9 Å². The van der Waals surface area contributed by atoms with Gasteiger partial charge in [-0.25, -0.2) is 13.4 Å². The van der Waals surface area contributed by atoms with Crippen molar-refractivity contribution >= 4 is 21.2 Å². The van der Waals surface area contributed by atoms with E-state index in [4.69, 9.17) is 0 Å². The van der Waals surface area contributed by atoms with E-state index in [0.29, 0.717) is 6.54 Å². The lowest BCUT2D eigenvalue weighted by Crippen LogP contribution is -2.50. The Kier molecular flexibility index (Phi) is 2.59. The normalized spacial score (nSPS) is 20.6. The van der Waals surface area contributed by atoms with Crippen molar-refractivity contribution in [2.75, 3.05) is 11.5 Å². The summed E-state index contributed by atoms with van der Waals surface area (Å²) in [6.07, 6.45) is 1.83. The molecule has 1 fully saturated rings. The molecule has 1 N–H and O–H groups in total. The summed E-state index contributed by atoms with van der Waals surface area (Å²) in [6.45, 7) is 2.69. The average Bonchev–Trinajstić information content (AvgIpc) is 2.44. The highest BCUT2D eigenvalue weighted by Gasteiger charge is 2.32. The van der Waals surface area contributed by atoms with E-state index in [1.165, 1.54) is 4.88 Å². The molecule has 1 aliphatic heterocycles. The van der Waals surface area contributed by atoms with Gasteiger partial charge in [-0.05, 0) is 6.92 Å². The second-order valence-electron chi connectivity index (χ2n) is 3.52. The van der Waals surface area contributed by atoms with Gasteiger partial charge in [-0.15, -0.1) is 11.3 Å². The van der Waals surface area contributed by atoms with Crippen molar-refractivity contribution in [3.63, 3.8) is 0 Å². The van der Waals surface area contributed by atoms with Crippen molar-refractivity contribution in [3.8, 4) is 0 Å². The molecule has 1 saturated heterocycles. The maximum absolute atomic E-state index is 10.9. The maximum atomic E-state index is 10.9. The highest BCUT2D eigenvalue weighted by molar-refractivity contribution is 7.92. The molecule has 0 unspecified atom stereocenters. The van der Waals surface area contributed by atoms with Crippen LogP contribution in [0.1, 0.15) is 9.88 Å². The van der Waals surface area contributed by atoms with E-state index in [9.17, 15) is 8.42 Å². The monoisotopic (exact) mass is 232 g/mol. The number of nitrogens with zero attached hydrogens (tertiary/aromatic N) is 1. The standard InChI is InChI=1S/C8H12N2O2S2/c1-6-2-10-8(13-6)3-9-7-4-14(11,12)5-7/h2,7,9H,3-5H2,1H3. The first-order chi connectivity index (χ1) is 6.55. The van der Waals surface area contributed by atoms with Crippen LogP contribution < -0.4 is 5.32 Å². The van der Waals surface area contributed by atoms with Crippen LogP contribution in [0.5, 0.6) is 0 Å². The topological polar surface area (TPSA) is 59.1 Å². The lowest BCUT2D eigenvalue weighted by Gasteiger charge is -2.26. The third-order valence-electron chi connectivity index (χ3n) is 2.12. The van der Waals surface area contributed by atoms with Crippen molar-refractivity contribution in [1.29, 1.82) is 0 Å². The predicted molar refractivity (Wildman–Crippen MR) is 56.1 cm³/mol. The van der Waals surface area contributed by atoms with E-state index >= 15 is 0 Å². The number of aryl methyl sites for hydroxylation is 1. The van der Waals surface area contributed by atoms with E-state index < -0.39 is 9.84 Å². The van der Waals surface area contributed by atoms with Crippen LogP contribution in [0.15, 0.2) is 6.20 Å². The minimum atomic E-state index is -2.71. The average molecular weight is 232 g/mol. The number of hydrogen-bond donors (Lipinski definition) is 1. The molecular weight excluding hydrogens is 220 g/mol. The molecule has 4 nitrogen and oxygen atoms in total. The number of aromatic nitrogens is 1. The SMILES string of the molecule is Cc1cnc(CNC2CS(=O)(=O)C2)s1. The van der Waals surface area contributed by atoms with Gasteiger partial charge in [0, 0.05) is 23.7 Å². The number of sulfone groups is 1. The van der Waals surface area contributed by atoms with Gasteiger partial charge in [0.25, 0.3) is 0 Å². The lowest BCUT2D eigenvalue weighted by molar-refractivity contribution is 0.511. The third-order valence-corrected chi connectivity index (χ3v) is 4.85. The summed E-state index contributed by atoms with van der Waals surface area (Å²) in [4.78, 5) is 5.37. The van der Waals surface area contributed by atoms with Crippen molar-refractivity contribution in [2.45, 2.75) is 19.5 Å². The number of nitrogens with one attached hydrogen (secondary N) is 1. The van der Waals surface area contributed by atoms with E-state index in [1.807, 2.05) is 13.1 Å². The first kappa shape index (κ1) is 10.1. The molecule has 0 aromatic carbocycles. The quantitative estimate of drug-likeness (QED) is 0.816. The molecule has 1 aliphatic rings. The molecule has 6 heteroatoms. The summed E-state index contributed by atoms with van der Waals surface area (Å²) >= 11 is 1.64. The van der Waals surface area contributed by atoms with Crippen LogP contribution in [0.3, 0.4) is 0 Å². The zero-order valence-corrected chi connectivity index (χ0v) is 9.49. The molecule has 0 aliphatic carbocycles. The van der Waals surface area contributed by atoms with E-state index in [2.05, 4.69) is 10.3 Å². The molecule has 0 spiro atoms. The highest BCUT2D eigenvalue weighted by Crippen LogP contribution is 2.14. The molecule has 1 aromatic rings. The molecular formula is C8H12N2O2S2. The minimum Gasteiger partial charge on any atom is -0.306 e. The number of rotatable bonds is 3. The first-order valence-corrected chi connectivity index (χ1v) is 7.04. The fourth-order valence-corrected chi connectivity index (χ4v) is 3.50. The predicted octanol–water partition coefficient (Wildman–Crippen LogP) is 0.338.